The van der Waals surface area contributed by atoms with E-state index in [0.717, 1.165) is 0 Å². The largest absolute Gasteiger partial charge is 0.393 e. The van der Waals surface area contributed by atoms with Gasteiger partial charge in [-0.1, -0.05) is 24.3 Å². The van der Waals surface area contributed by atoms with Gasteiger partial charge in [0.1, 0.15) is 17.2 Å². The number of anilines is 2. The standard InChI is InChI=1S/C14H14FN3O2/c15-11-5-2-1-4-10(11)8-9-17-13-7-3-6-12(16)14(13)18(19)20/h1-7,17H,8-9,16H2. The summed E-state index contributed by atoms with van der Waals surface area (Å²) >= 11 is 0. The first-order valence-electron chi connectivity index (χ1n) is 6.09. The van der Waals surface area contributed by atoms with Gasteiger partial charge in [0.25, 0.3) is 0 Å². The van der Waals surface area contributed by atoms with Crippen molar-refractivity contribution in [1.29, 1.82) is 0 Å². The molecule has 0 radical (unpaired) electrons. The van der Waals surface area contributed by atoms with Gasteiger partial charge in [-0.2, -0.15) is 0 Å². The van der Waals surface area contributed by atoms with Crippen LogP contribution in [0.4, 0.5) is 21.5 Å². The summed E-state index contributed by atoms with van der Waals surface area (Å²) in [5.74, 6) is -0.281. The van der Waals surface area contributed by atoms with Gasteiger partial charge in [-0.05, 0) is 30.2 Å². The Morgan fingerprint density at radius 3 is 2.65 bits per heavy atom. The van der Waals surface area contributed by atoms with E-state index in [9.17, 15) is 14.5 Å². The summed E-state index contributed by atoms with van der Waals surface area (Å²) in [6.07, 6.45) is 0.429. The molecule has 2 rings (SSSR count). The predicted molar refractivity (Wildman–Crippen MR) is 76.1 cm³/mol. The fourth-order valence-electron chi connectivity index (χ4n) is 1.94. The van der Waals surface area contributed by atoms with E-state index in [1.165, 1.54) is 12.1 Å². The maximum atomic E-state index is 13.4. The minimum Gasteiger partial charge on any atom is -0.393 e. The molecule has 0 bridgehead atoms. The Morgan fingerprint density at radius 1 is 1.20 bits per heavy atom. The zero-order valence-corrected chi connectivity index (χ0v) is 10.7. The van der Waals surface area contributed by atoms with Crippen LogP contribution in [0.25, 0.3) is 0 Å². The molecular weight excluding hydrogens is 261 g/mol. The molecule has 104 valence electrons. The van der Waals surface area contributed by atoms with E-state index < -0.39 is 4.92 Å². The number of para-hydroxylation sites is 1. The van der Waals surface area contributed by atoms with Crippen molar-refractivity contribution in [3.8, 4) is 0 Å². The number of hydrogen-bond donors (Lipinski definition) is 2. The van der Waals surface area contributed by atoms with E-state index in [0.29, 0.717) is 24.2 Å². The maximum absolute atomic E-state index is 13.4. The number of benzene rings is 2. The summed E-state index contributed by atoms with van der Waals surface area (Å²) in [5.41, 5.74) is 6.44. The van der Waals surface area contributed by atoms with Crippen LogP contribution in [0.3, 0.4) is 0 Å². The molecule has 0 heterocycles. The van der Waals surface area contributed by atoms with Crippen LogP contribution in [0, 0.1) is 15.9 Å². The first-order chi connectivity index (χ1) is 9.59. The molecule has 2 aromatic rings. The minimum absolute atomic E-state index is 0.103. The van der Waals surface area contributed by atoms with Crippen LogP contribution in [-0.2, 0) is 6.42 Å². The number of nitro benzene ring substituents is 1. The lowest BCUT2D eigenvalue weighted by Gasteiger charge is -2.08. The SMILES string of the molecule is Nc1cccc(NCCc2ccccc2F)c1[N+](=O)[O-]. The number of nitro groups is 1. The van der Waals surface area contributed by atoms with Crippen LogP contribution in [0.1, 0.15) is 5.56 Å². The second kappa shape index (κ2) is 6.01. The number of nitrogen functional groups attached to an aromatic ring is 1. The zero-order chi connectivity index (χ0) is 14.5. The Hall–Kier alpha value is -2.63. The summed E-state index contributed by atoms with van der Waals surface area (Å²) in [6.45, 7) is 0.380. The first kappa shape index (κ1) is 13.8. The zero-order valence-electron chi connectivity index (χ0n) is 10.7. The van der Waals surface area contributed by atoms with E-state index in [1.807, 2.05) is 0 Å². The van der Waals surface area contributed by atoms with Crippen molar-refractivity contribution < 1.29 is 9.31 Å². The Kier molecular flexibility index (Phi) is 4.14. The third-order valence-corrected chi connectivity index (χ3v) is 2.92. The molecule has 0 atom stereocenters. The summed E-state index contributed by atoms with van der Waals surface area (Å²) in [4.78, 5) is 10.4. The van der Waals surface area contributed by atoms with Crippen molar-refractivity contribution in [1.82, 2.24) is 0 Å². The number of halogens is 1. The molecule has 2 aromatic carbocycles. The van der Waals surface area contributed by atoms with Crippen LogP contribution in [0.5, 0.6) is 0 Å². The molecule has 0 spiro atoms. The molecule has 0 aliphatic carbocycles. The van der Waals surface area contributed by atoms with E-state index in [-0.39, 0.29) is 17.2 Å². The van der Waals surface area contributed by atoms with Crippen molar-refractivity contribution in [3.63, 3.8) is 0 Å². The summed E-state index contributed by atoms with van der Waals surface area (Å²) in [7, 11) is 0. The Bertz CT molecular complexity index is 632. The number of nitrogens with two attached hydrogens (primary N) is 1. The van der Waals surface area contributed by atoms with E-state index in [1.54, 1.807) is 30.3 Å². The Balaban J connectivity index is 2.07. The molecule has 5 nitrogen and oxygen atoms in total. The van der Waals surface area contributed by atoms with Crippen molar-refractivity contribution in [2.75, 3.05) is 17.6 Å². The highest BCUT2D eigenvalue weighted by Gasteiger charge is 2.17. The summed E-state index contributed by atoms with van der Waals surface area (Å²) in [5, 5.41) is 13.9. The van der Waals surface area contributed by atoms with Crippen molar-refractivity contribution in [3.05, 3.63) is 64.0 Å². The van der Waals surface area contributed by atoms with Gasteiger partial charge in [0.05, 0.1) is 4.92 Å². The molecule has 0 aliphatic heterocycles. The van der Waals surface area contributed by atoms with Crippen molar-refractivity contribution >= 4 is 17.1 Å². The third-order valence-electron chi connectivity index (χ3n) is 2.92. The summed E-state index contributed by atoms with van der Waals surface area (Å²) in [6, 6.07) is 11.1. The Morgan fingerprint density at radius 2 is 1.95 bits per heavy atom. The molecule has 6 heteroatoms. The van der Waals surface area contributed by atoms with Gasteiger partial charge in [0.15, 0.2) is 0 Å². The molecule has 3 N–H and O–H groups in total. The third kappa shape index (κ3) is 3.03. The number of nitrogens with one attached hydrogen (secondary N) is 1. The fraction of sp³-hybridized carbons (Fsp3) is 0.143. The first-order valence-corrected chi connectivity index (χ1v) is 6.09. The Labute approximate surface area is 115 Å². The van der Waals surface area contributed by atoms with E-state index in [2.05, 4.69) is 5.32 Å². The molecule has 0 aliphatic rings. The summed E-state index contributed by atoms with van der Waals surface area (Å²) < 4.78 is 13.4. The lowest BCUT2D eigenvalue weighted by atomic mass is 10.1. The van der Waals surface area contributed by atoms with Gasteiger partial charge in [0.2, 0.25) is 0 Å². The topological polar surface area (TPSA) is 81.2 Å². The second-order valence-electron chi connectivity index (χ2n) is 4.27. The molecule has 0 fully saturated rings. The number of hydrogen-bond acceptors (Lipinski definition) is 4. The van der Waals surface area contributed by atoms with Gasteiger partial charge in [0, 0.05) is 6.54 Å². The van der Waals surface area contributed by atoms with Gasteiger partial charge in [-0.25, -0.2) is 4.39 Å². The maximum Gasteiger partial charge on any atom is 0.314 e. The molecular formula is C14H14FN3O2. The fourth-order valence-corrected chi connectivity index (χ4v) is 1.94. The monoisotopic (exact) mass is 275 g/mol. The van der Waals surface area contributed by atoms with E-state index in [4.69, 9.17) is 5.73 Å². The van der Waals surface area contributed by atoms with Crippen molar-refractivity contribution in [2.45, 2.75) is 6.42 Å². The number of nitrogens with zero attached hydrogens (tertiary/aromatic N) is 1. The quantitative estimate of drug-likeness (QED) is 0.499. The average Bonchev–Trinajstić information content (AvgIpc) is 2.40. The highest BCUT2D eigenvalue weighted by Crippen LogP contribution is 2.30. The smallest absolute Gasteiger partial charge is 0.314 e. The molecule has 0 saturated heterocycles. The van der Waals surface area contributed by atoms with Crippen LogP contribution < -0.4 is 11.1 Å². The predicted octanol–water partition coefficient (Wildman–Crippen LogP) is 2.97. The van der Waals surface area contributed by atoms with Crippen molar-refractivity contribution in [2.24, 2.45) is 0 Å². The van der Waals surface area contributed by atoms with Crippen LogP contribution in [0.2, 0.25) is 0 Å². The van der Waals surface area contributed by atoms with E-state index >= 15 is 0 Å². The highest BCUT2D eigenvalue weighted by molar-refractivity contribution is 5.74. The van der Waals surface area contributed by atoms with Gasteiger partial charge in [-0.15, -0.1) is 0 Å². The average molecular weight is 275 g/mol. The van der Waals surface area contributed by atoms with Gasteiger partial charge >= 0.3 is 5.69 Å². The molecule has 0 amide bonds. The molecule has 0 unspecified atom stereocenters. The van der Waals surface area contributed by atoms with Crippen LogP contribution in [0.15, 0.2) is 42.5 Å². The van der Waals surface area contributed by atoms with Gasteiger partial charge < -0.3 is 11.1 Å². The molecule has 0 saturated carbocycles. The number of rotatable bonds is 5. The lowest BCUT2D eigenvalue weighted by Crippen LogP contribution is -2.08. The van der Waals surface area contributed by atoms with Crippen LogP contribution >= 0.6 is 0 Å². The lowest BCUT2D eigenvalue weighted by molar-refractivity contribution is -0.383. The van der Waals surface area contributed by atoms with Crippen LogP contribution in [-0.4, -0.2) is 11.5 Å². The highest BCUT2D eigenvalue weighted by atomic mass is 19.1. The molecule has 20 heavy (non-hydrogen) atoms. The van der Waals surface area contributed by atoms with Gasteiger partial charge in [-0.3, -0.25) is 10.1 Å². The normalized spacial score (nSPS) is 10.2. The minimum atomic E-state index is -0.527. The second-order valence-corrected chi connectivity index (χ2v) is 4.27. The molecule has 0 aromatic heterocycles.